The zero-order chi connectivity index (χ0) is 22.4. The zero-order valence-corrected chi connectivity index (χ0v) is 19.9. The third-order valence-electron chi connectivity index (χ3n) is 9.45. The first-order valence-electron chi connectivity index (χ1n) is 12.3. The Morgan fingerprint density at radius 3 is 2.68 bits per heavy atom. The molecule has 0 N–H and O–H groups in total. The number of hydrogen-bond donors (Lipinski definition) is 0. The second-order valence-corrected chi connectivity index (χ2v) is 10.6. The van der Waals surface area contributed by atoms with Crippen LogP contribution in [0, 0.1) is 34.5 Å². The van der Waals surface area contributed by atoms with Gasteiger partial charge in [0, 0.05) is 6.42 Å². The normalized spacial score (nSPS) is 40.7. The molecule has 4 aliphatic rings. The molecule has 4 aliphatic carbocycles. The molecule has 0 radical (unpaired) electrons. The van der Waals surface area contributed by atoms with Gasteiger partial charge in [-0.25, -0.2) is 4.79 Å². The molecule has 3 nitrogen and oxygen atoms in total. The van der Waals surface area contributed by atoms with Gasteiger partial charge in [0.2, 0.25) is 5.83 Å². The van der Waals surface area contributed by atoms with Crippen LogP contribution >= 0.6 is 0 Å². The van der Waals surface area contributed by atoms with Crippen LogP contribution in [0.15, 0.2) is 34.9 Å². The summed E-state index contributed by atoms with van der Waals surface area (Å²) in [6, 6.07) is 0. The first-order chi connectivity index (χ1) is 14.8. The summed E-state index contributed by atoms with van der Waals surface area (Å²) in [5.74, 6) is 1.92. The van der Waals surface area contributed by atoms with E-state index in [2.05, 4.69) is 32.9 Å². The van der Waals surface area contributed by atoms with Gasteiger partial charge in [0.15, 0.2) is 0 Å². The van der Waals surface area contributed by atoms with E-state index in [1.165, 1.54) is 18.4 Å². The Labute approximate surface area is 187 Å². The number of carbonyl (C=O) groups is 1. The van der Waals surface area contributed by atoms with E-state index in [0.717, 1.165) is 43.4 Å². The standard InChI is InChI=1S/C27H39FO3/c1-6-8-17-15-19(30-5)16-18-9-10-20-21-11-12-23(24(28)25(29)31-7-2)26(21,3)14-13-22(20)27(17,18)4/h9,16-17,20-22H,6-8,10-15H2,1-5H3/t17-,20-,21-,22-,26-,27-/m0/s1. The van der Waals surface area contributed by atoms with E-state index in [9.17, 15) is 4.79 Å². The quantitative estimate of drug-likeness (QED) is 0.351. The monoisotopic (exact) mass is 430 g/mol. The van der Waals surface area contributed by atoms with Crippen molar-refractivity contribution in [1.82, 2.24) is 0 Å². The number of rotatable bonds is 5. The number of methoxy groups -OCH3 is 1. The average molecular weight is 431 g/mol. The molecule has 172 valence electrons. The van der Waals surface area contributed by atoms with E-state index in [1.807, 2.05) is 0 Å². The van der Waals surface area contributed by atoms with Gasteiger partial charge in [0.25, 0.3) is 0 Å². The molecule has 31 heavy (non-hydrogen) atoms. The molecule has 0 amide bonds. The number of esters is 1. The smallest absolute Gasteiger partial charge is 0.367 e. The van der Waals surface area contributed by atoms with Crippen molar-refractivity contribution in [2.75, 3.05) is 13.7 Å². The van der Waals surface area contributed by atoms with E-state index in [0.29, 0.717) is 30.1 Å². The van der Waals surface area contributed by atoms with Crippen LogP contribution in [0.5, 0.6) is 0 Å². The largest absolute Gasteiger partial charge is 0.501 e. The molecule has 0 heterocycles. The number of ether oxygens (including phenoxy) is 2. The maximum Gasteiger partial charge on any atom is 0.367 e. The molecule has 0 aromatic heterocycles. The van der Waals surface area contributed by atoms with Crippen LogP contribution in [0.2, 0.25) is 0 Å². The third-order valence-corrected chi connectivity index (χ3v) is 9.45. The molecule has 0 aliphatic heterocycles. The summed E-state index contributed by atoms with van der Waals surface area (Å²) in [5.41, 5.74) is 2.13. The van der Waals surface area contributed by atoms with E-state index in [1.54, 1.807) is 14.0 Å². The number of halogens is 1. The van der Waals surface area contributed by atoms with Crippen molar-refractivity contribution in [3.8, 4) is 0 Å². The lowest BCUT2D eigenvalue weighted by atomic mass is 9.46. The van der Waals surface area contributed by atoms with Gasteiger partial charge >= 0.3 is 5.97 Å². The summed E-state index contributed by atoms with van der Waals surface area (Å²) in [6.07, 6.45) is 13.0. The van der Waals surface area contributed by atoms with Gasteiger partial charge in [-0.05, 0) is 97.2 Å². The van der Waals surface area contributed by atoms with E-state index < -0.39 is 11.8 Å². The van der Waals surface area contributed by atoms with Crippen LogP contribution in [-0.2, 0) is 14.3 Å². The summed E-state index contributed by atoms with van der Waals surface area (Å²) in [5, 5.41) is 0. The summed E-state index contributed by atoms with van der Waals surface area (Å²) < 4.78 is 25.8. The van der Waals surface area contributed by atoms with Gasteiger partial charge in [-0.15, -0.1) is 0 Å². The maximum atomic E-state index is 15.1. The molecule has 0 saturated heterocycles. The molecule has 0 unspecified atom stereocenters. The second-order valence-electron chi connectivity index (χ2n) is 10.6. The average Bonchev–Trinajstić information content (AvgIpc) is 3.11. The minimum Gasteiger partial charge on any atom is -0.501 e. The maximum absolute atomic E-state index is 15.1. The van der Waals surface area contributed by atoms with Gasteiger partial charge in [-0.2, -0.15) is 4.39 Å². The first-order valence-corrected chi connectivity index (χ1v) is 12.3. The van der Waals surface area contributed by atoms with Crippen LogP contribution in [-0.4, -0.2) is 19.7 Å². The Kier molecular flexibility index (Phi) is 6.13. The van der Waals surface area contributed by atoms with Crippen molar-refractivity contribution in [3.05, 3.63) is 34.9 Å². The topological polar surface area (TPSA) is 35.5 Å². The highest BCUT2D eigenvalue weighted by Gasteiger charge is 2.59. The molecule has 2 saturated carbocycles. The van der Waals surface area contributed by atoms with Crippen LogP contribution < -0.4 is 0 Å². The third kappa shape index (κ3) is 3.40. The molecule has 2 fully saturated rings. The fourth-order valence-corrected chi connectivity index (χ4v) is 7.88. The predicted octanol–water partition coefficient (Wildman–Crippen LogP) is 6.90. The second kappa shape index (κ2) is 8.41. The van der Waals surface area contributed by atoms with Crippen LogP contribution in [0.25, 0.3) is 0 Å². The minimum absolute atomic E-state index is 0.161. The van der Waals surface area contributed by atoms with Crippen molar-refractivity contribution >= 4 is 5.97 Å². The Bertz CT molecular complexity index is 824. The molecule has 0 bridgehead atoms. The number of fused-ring (bicyclic) bond motifs is 5. The lowest BCUT2D eigenvalue weighted by Crippen LogP contribution is -2.51. The Balaban J connectivity index is 1.69. The minimum atomic E-state index is -0.771. The number of hydrogen-bond acceptors (Lipinski definition) is 3. The molecule has 4 rings (SSSR count). The fourth-order valence-electron chi connectivity index (χ4n) is 7.88. The molecule has 0 aromatic rings. The highest BCUT2D eigenvalue weighted by molar-refractivity contribution is 5.87. The first kappa shape index (κ1) is 22.6. The van der Waals surface area contributed by atoms with E-state index in [4.69, 9.17) is 9.47 Å². The lowest BCUT2D eigenvalue weighted by molar-refractivity contribution is -0.140. The fraction of sp³-hybridized carbons (Fsp3) is 0.741. The summed E-state index contributed by atoms with van der Waals surface area (Å²) >= 11 is 0. The highest BCUT2D eigenvalue weighted by Crippen LogP contribution is 2.67. The summed E-state index contributed by atoms with van der Waals surface area (Å²) in [4.78, 5) is 12.2. The molecule has 6 atom stereocenters. The van der Waals surface area contributed by atoms with Gasteiger partial charge in [-0.3, -0.25) is 0 Å². The molecule has 0 aromatic carbocycles. The highest BCUT2D eigenvalue weighted by atomic mass is 19.1. The Morgan fingerprint density at radius 1 is 1.23 bits per heavy atom. The van der Waals surface area contributed by atoms with Crippen molar-refractivity contribution in [3.63, 3.8) is 0 Å². The SMILES string of the molecule is CCC[C@H]1CC(OC)=CC2=CC[C@@H]3[C@H](CC[C@]4(C)C(=C(F)C(=O)OCC)CC[C@@H]34)[C@]21C. The molecular formula is C27H39FO3. The Morgan fingerprint density at radius 2 is 2.00 bits per heavy atom. The van der Waals surface area contributed by atoms with Gasteiger partial charge in [0.1, 0.15) is 0 Å². The van der Waals surface area contributed by atoms with Crippen molar-refractivity contribution in [2.24, 2.45) is 34.5 Å². The van der Waals surface area contributed by atoms with Crippen molar-refractivity contribution < 1.29 is 18.7 Å². The summed E-state index contributed by atoms with van der Waals surface area (Å²) in [7, 11) is 1.79. The number of carbonyl (C=O) groups excluding carboxylic acids is 1. The molecule has 0 spiro atoms. The number of allylic oxidation sites excluding steroid dienone is 5. The summed E-state index contributed by atoms with van der Waals surface area (Å²) in [6.45, 7) is 8.93. The molecular weight excluding hydrogens is 391 g/mol. The van der Waals surface area contributed by atoms with Crippen LogP contribution in [0.3, 0.4) is 0 Å². The predicted molar refractivity (Wildman–Crippen MR) is 121 cm³/mol. The van der Waals surface area contributed by atoms with Gasteiger partial charge in [0.05, 0.1) is 19.5 Å². The molecule has 4 heteroatoms. The van der Waals surface area contributed by atoms with Gasteiger partial charge in [-0.1, -0.05) is 33.3 Å². The van der Waals surface area contributed by atoms with Crippen molar-refractivity contribution in [1.29, 1.82) is 0 Å². The zero-order valence-electron chi connectivity index (χ0n) is 19.9. The van der Waals surface area contributed by atoms with Gasteiger partial charge < -0.3 is 9.47 Å². The lowest BCUT2D eigenvalue weighted by Gasteiger charge is -2.58. The van der Waals surface area contributed by atoms with E-state index >= 15 is 4.39 Å². The van der Waals surface area contributed by atoms with Crippen LogP contribution in [0.4, 0.5) is 4.39 Å². The van der Waals surface area contributed by atoms with E-state index in [-0.39, 0.29) is 17.4 Å². The van der Waals surface area contributed by atoms with Crippen molar-refractivity contribution in [2.45, 2.75) is 79.1 Å². The Hall–Kier alpha value is -1.58. The van der Waals surface area contributed by atoms with Crippen LogP contribution in [0.1, 0.15) is 79.1 Å².